The second-order valence-electron chi connectivity index (χ2n) is 7.69. The Morgan fingerprint density at radius 2 is 1.82 bits per heavy atom. The van der Waals surface area contributed by atoms with E-state index in [0.29, 0.717) is 26.2 Å². The van der Waals surface area contributed by atoms with Gasteiger partial charge >= 0.3 is 5.97 Å². The summed E-state index contributed by atoms with van der Waals surface area (Å²) in [7, 11) is 0. The summed E-state index contributed by atoms with van der Waals surface area (Å²) in [5.74, 6) is -1.06. The predicted molar refractivity (Wildman–Crippen MR) is 127 cm³/mol. The average Bonchev–Trinajstić information content (AvgIpc) is 2.82. The third kappa shape index (κ3) is 5.48. The molecule has 1 aromatic heterocycles. The van der Waals surface area contributed by atoms with Gasteiger partial charge in [-0.3, -0.25) is 4.98 Å². The van der Waals surface area contributed by atoms with Crippen LogP contribution in [0.5, 0.6) is 0 Å². The molecule has 0 saturated carbocycles. The summed E-state index contributed by atoms with van der Waals surface area (Å²) in [5, 5.41) is 41.9. The van der Waals surface area contributed by atoms with Gasteiger partial charge in [0.2, 0.25) is 0 Å². The first-order chi connectivity index (χ1) is 16.3. The Labute approximate surface area is 209 Å². The molecule has 11 heteroatoms. The van der Waals surface area contributed by atoms with Crippen molar-refractivity contribution in [1.29, 1.82) is 0 Å². The van der Waals surface area contributed by atoms with Crippen LogP contribution in [0.15, 0.2) is 53.4 Å². The molecule has 1 saturated heterocycles. The first-order valence-electron chi connectivity index (χ1n) is 10.3. The highest BCUT2D eigenvalue weighted by molar-refractivity contribution is 7.99. The molecule has 2 aromatic carbocycles. The molecule has 1 fully saturated rings. The van der Waals surface area contributed by atoms with E-state index in [1.807, 2.05) is 0 Å². The van der Waals surface area contributed by atoms with E-state index in [-0.39, 0.29) is 12.2 Å². The lowest BCUT2D eigenvalue weighted by Crippen LogP contribution is -2.58. The van der Waals surface area contributed by atoms with Gasteiger partial charge in [0, 0.05) is 10.3 Å². The smallest absolute Gasteiger partial charge is 0.335 e. The van der Waals surface area contributed by atoms with Crippen LogP contribution in [0, 0.1) is 0 Å². The average molecular weight is 526 g/mol. The Bertz CT molecular complexity index is 1200. The standard InChI is InChI=1S/C23H21Cl2NO7S/c24-15-6-5-14(8-16(15)25)34-23-20(29)21(19(28)18(9-27)33-23)32-10-13-4-3-11-1-2-12(22(30)31)7-17(11)26-13/h1-8,18-21,23,27-29H,9-10H2,(H,30,31)/t18-,19+,20-,21+,23-/m1/s1. The second-order valence-corrected chi connectivity index (χ2v) is 9.68. The van der Waals surface area contributed by atoms with Crippen molar-refractivity contribution in [2.24, 2.45) is 0 Å². The van der Waals surface area contributed by atoms with Gasteiger partial charge in [-0.1, -0.05) is 47.1 Å². The lowest BCUT2D eigenvalue weighted by molar-refractivity contribution is -0.223. The zero-order valence-electron chi connectivity index (χ0n) is 17.5. The molecule has 5 atom stereocenters. The minimum Gasteiger partial charge on any atom is -0.478 e. The molecule has 1 aliphatic rings. The Hall–Kier alpha value is -1.95. The highest BCUT2D eigenvalue weighted by Gasteiger charge is 2.45. The fourth-order valence-corrected chi connectivity index (χ4v) is 5.04. The number of ether oxygens (including phenoxy) is 2. The van der Waals surface area contributed by atoms with Crippen molar-refractivity contribution in [3.63, 3.8) is 0 Å². The molecule has 8 nitrogen and oxygen atoms in total. The van der Waals surface area contributed by atoms with Gasteiger partial charge in [-0.15, -0.1) is 0 Å². The predicted octanol–water partition coefficient (Wildman–Crippen LogP) is 3.36. The zero-order valence-corrected chi connectivity index (χ0v) is 19.9. The van der Waals surface area contributed by atoms with E-state index in [1.54, 1.807) is 36.4 Å². The number of carbonyl (C=O) groups is 1. The molecule has 0 radical (unpaired) electrons. The van der Waals surface area contributed by atoms with Crippen LogP contribution in [-0.4, -0.2) is 67.8 Å². The van der Waals surface area contributed by atoms with Crippen molar-refractivity contribution in [2.75, 3.05) is 6.61 Å². The third-order valence-corrected chi connectivity index (χ3v) is 7.27. The van der Waals surface area contributed by atoms with Crippen LogP contribution >= 0.6 is 35.0 Å². The van der Waals surface area contributed by atoms with Crippen LogP contribution in [-0.2, 0) is 16.1 Å². The number of pyridine rings is 1. The van der Waals surface area contributed by atoms with E-state index in [1.165, 1.54) is 12.1 Å². The van der Waals surface area contributed by atoms with Crippen molar-refractivity contribution >= 4 is 51.8 Å². The number of aliphatic hydroxyl groups is 3. The monoisotopic (exact) mass is 525 g/mol. The third-order valence-electron chi connectivity index (χ3n) is 5.39. The van der Waals surface area contributed by atoms with Crippen LogP contribution in [0.25, 0.3) is 10.9 Å². The molecule has 180 valence electrons. The van der Waals surface area contributed by atoms with Crippen LogP contribution in [0.2, 0.25) is 10.0 Å². The lowest BCUT2D eigenvalue weighted by Gasteiger charge is -2.41. The molecule has 34 heavy (non-hydrogen) atoms. The molecule has 4 rings (SSSR count). The Kier molecular flexibility index (Phi) is 7.96. The molecule has 4 N–H and O–H groups in total. The highest BCUT2D eigenvalue weighted by Crippen LogP contribution is 2.36. The van der Waals surface area contributed by atoms with E-state index >= 15 is 0 Å². The molecular weight excluding hydrogens is 505 g/mol. The number of nitrogens with zero attached hydrogens (tertiary/aromatic N) is 1. The number of benzene rings is 2. The molecule has 2 heterocycles. The van der Waals surface area contributed by atoms with Crippen LogP contribution in [0.4, 0.5) is 0 Å². The number of thioether (sulfide) groups is 1. The van der Waals surface area contributed by atoms with E-state index in [4.69, 9.17) is 32.7 Å². The van der Waals surface area contributed by atoms with E-state index in [2.05, 4.69) is 4.98 Å². The number of fused-ring (bicyclic) bond motifs is 1. The normalized spacial score (nSPS) is 24.9. The van der Waals surface area contributed by atoms with Crippen molar-refractivity contribution in [3.05, 3.63) is 69.8 Å². The van der Waals surface area contributed by atoms with Gasteiger partial charge in [-0.05, 0) is 36.4 Å². The van der Waals surface area contributed by atoms with Gasteiger partial charge < -0.3 is 29.9 Å². The van der Waals surface area contributed by atoms with Crippen molar-refractivity contribution in [2.45, 2.75) is 41.4 Å². The zero-order chi connectivity index (χ0) is 24.4. The number of hydrogen-bond donors (Lipinski definition) is 4. The fourth-order valence-electron chi connectivity index (χ4n) is 3.59. The number of carboxylic acids is 1. The lowest BCUT2D eigenvalue weighted by atomic mass is 10.00. The molecular formula is C23H21Cl2NO7S. The van der Waals surface area contributed by atoms with Crippen molar-refractivity contribution in [3.8, 4) is 0 Å². The number of halogens is 2. The summed E-state index contributed by atoms with van der Waals surface area (Å²) >= 11 is 13.2. The Morgan fingerprint density at radius 1 is 1.06 bits per heavy atom. The van der Waals surface area contributed by atoms with Crippen LogP contribution in [0.1, 0.15) is 16.1 Å². The summed E-state index contributed by atoms with van der Waals surface area (Å²) in [5.41, 5.74) is 0.220. The Balaban J connectivity index is 1.51. The molecule has 0 unspecified atom stereocenters. The topological polar surface area (TPSA) is 129 Å². The quantitative estimate of drug-likeness (QED) is 0.366. The largest absolute Gasteiger partial charge is 0.478 e. The summed E-state index contributed by atoms with van der Waals surface area (Å²) in [6.45, 7) is -0.535. The molecule has 0 bridgehead atoms. The fraction of sp³-hybridized carbons (Fsp3) is 0.304. The van der Waals surface area contributed by atoms with Crippen LogP contribution < -0.4 is 0 Å². The molecule has 0 amide bonds. The van der Waals surface area contributed by atoms with E-state index < -0.39 is 42.4 Å². The maximum absolute atomic E-state index is 11.2. The summed E-state index contributed by atoms with van der Waals surface area (Å²) in [6.07, 6.45) is -4.58. The maximum Gasteiger partial charge on any atom is 0.335 e. The number of hydrogen-bond acceptors (Lipinski definition) is 8. The first-order valence-corrected chi connectivity index (χ1v) is 11.9. The molecule has 3 aromatic rings. The van der Waals surface area contributed by atoms with E-state index in [9.17, 15) is 25.2 Å². The van der Waals surface area contributed by atoms with E-state index in [0.717, 1.165) is 17.1 Å². The van der Waals surface area contributed by atoms with Gasteiger partial charge in [-0.2, -0.15) is 0 Å². The van der Waals surface area contributed by atoms with Gasteiger partial charge in [0.1, 0.15) is 29.9 Å². The number of carboxylic acid groups (broad SMARTS) is 1. The highest BCUT2D eigenvalue weighted by atomic mass is 35.5. The molecule has 0 aliphatic carbocycles. The Morgan fingerprint density at radius 3 is 2.53 bits per heavy atom. The number of aliphatic hydroxyl groups excluding tert-OH is 3. The molecule has 0 spiro atoms. The summed E-state index contributed by atoms with van der Waals surface area (Å²) in [4.78, 5) is 16.3. The SMILES string of the molecule is O=C(O)c1ccc2ccc(CO[C@@H]3[C@@H](O)[C@@H](Sc4ccc(Cl)c(Cl)c4)O[C@H](CO)[C@@H]3O)nc2c1. The second kappa shape index (κ2) is 10.8. The van der Waals surface area contributed by atoms with Gasteiger partial charge in [0.25, 0.3) is 0 Å². The first kappa shape index (κ1) is 25.2. The minimum atomic E-state index is -1.29. The molecule has 1 aliphatic heterocycles. The summed E-state index contributed by atoms with van der Waals surface area (Å²) in [6, 6.07) is 13.1. The van der Waals surface area contributed by atoms with Gasteiger partial charge in [-0.25, -0.2) is 4.79 Å². The van der Waals surface area contributed by atoms with Gasteiger partial charge in [0.05, 0.1) is 40.0 Å². The van der Waals surface area contributed by atoms with Crippen molar-refractivity contribution in [1.82, 2.24) is 4.98 Å². The number of rotatable bonds is 7. The number of aromatic carboxylic acids is 1. The minimum absolute atomic E-state index is 0.0612. The van der Waals surface area contributed by atoms with Gasteiger partial charge in [0.15, 0.2) is 0 Å². The number of aromatic nitrogens is 1. The maximum atomic E-state index is 11.2. The van der Waals surface area contributed by atoms with Crippen LogP contribution in [0.3, 0.4) is 0 Å². The summed E-state index contributed by atoms with van der Waals surface area (Å²) < 4.78 is 11.5. The van der Waals surface area contributed by atoms with Crippen molar-refractivity contribution < 1.29 is 34.7 Å².